The number of benzene rings is 1. The normalized spacial score (nSPS) is 17.0. The van der Waals surface area contributed by atoms with E-state index in [0.29, 0.717) is 28.5 Å². The van der Waals surface area contributed by atoms with Gasteiger partial charge in [0.25, 0.3) is 0 Å². The van der Waals surface area contributed by atoms with Crippen molar-refractivity contribution in [3.05, 3.63) is 69.0 Å². The lowest BCUT2D eigenvalue weighted by Crippen LogP contribution is -2.11. The van der Waals surface area contributed by atoms with E-state index >= 15 is 0 Å². The fraction of sp³-hybridized carbons (Fsp3) is 0.190. The van der Waals surface area contributed by atoms with E-state index in [0.717, 1.165) is 28.0 Å². The van der Waals surface area contributed by atoms with Crippen LogP contribution in [0.1, 0.15) is 34.8 Å². The second-order valence-corrected chi connectivity index (χ2v) is 9.10. The van der Waals surface area contributed by atoms with Crippen LogP contribution in [0, 0.1) is 0 Å². The molecule has 3 heterocycles. The van der Waals surface area contributed by atoms with Crippen molar-refractivity contribution in [3.63, 3.8) is 0 Å². The molecule has 0 fully saturated rings. The third kappa shape index (κ3) is 2.70. The number of allylic oxidation sites excluding steroid dienone is 2. The predicted octanol–water partition coefficient (Wildman–Crippen LogP) is 6.07. The van der Waals surface area contributed by atoms with Crippen LogP contribution in [0.5, 0.6) is 0 Å². The summed E-state index contributed by atoms with van der Waals surface area (Å²) in [7, 11) is 0. The summed E-state index contributed by atoms with van der Waals surface area (Å²) in [6.45, 7) is 0.597. The molecule has 0 saturated carbocycles. The zero-order valence-electron chi connectivity index (χ0n) is 15.2. The van der Waals surface area contributed by atoms with Crippen LogP contribution in [-0.2, 0) is 6.54 Å². The molecule has 2 aliphatic rings. The van der Waals surface area contributed by atoms with E-state index in [1.54, 1.807) is 23.9 Å². The van der Waals surface area contributed by atoms with E-state index < -0.39 is 0 Å². The van der Waals surface area contributed by atoms with Gasteiger partial charge in [-0.05, 0) is 36.1 Å². The monoisotopic (exact) mass is 439 g/mol. The summed E-state index contributed by atoms with van der Waals surface area (Å²) in [6.07, 6.45) is 10.0. The minimum absolute atomic E-state index is 0.552. The van der Waals surface area contributed by atoms with Crippen LogP contribution in [0.25, 0.3) is 21.7 Å². The molecular formula is C21H15Cl2N5S. The minimum Gasteiger partial charge on any atom is -0.365 e. The Morgan fingerprint density at radius 2 is 2.14 bits per heavy atom. The van der Waals surface area contributed by atoms with Gasteiger partial charge in [-0.1, -0.05) is 35.3 Å². The molecule has 0 amide bonds. The molecule has 8 heteroatoms. The summed E-state index contributed by atoms with van der Waals surface area (Å²) >= 11 is 14.0. The van der Waals surface area contributed by atoms with Crippen LogP contribution in [0.3, 0.4) is 0 Å². The number of anilines is 1. The number of aromatic nitrogens is 4. The zero-order chi connectivity index (χ0) is 19.5. The molecule has 0 radical (unpaired) electrons. The van der Waals surface area contributed by atoms with Gasteiger partial charge in [0, 0.05) is 35.3 Å². The highest BCUT2D eigenvalue weighted by Gasteiger charge is 2.39. The molecule has 144 valence electrons. The van der Waals surface area contributed by atoms with Crippen LogP contribution in [0.15, 0.2) is 43.0 Å². The van der Waals surface area contributed by atoms with E-state index in [1.807, 2.05) is 29.0 Å². The van der Waals surface area contributed by atoms with Crippen LogP contribution in [0.4, 0.5) is 5.82 Å². The second-order valence-electron chi connectivity index (χ2n) is 7.26. The van der Waals surface area contributed by atoms with Gasteiger partial charge >= 0.3 is 0 Å². The number of hydrogen-bond donors (Lipinski definition) is 1. The maximum Gasteiger partial charge on any atom is 0.238 e. The third-order valence-corrected chi connectivity index (χ3v) is 7.48. The number of nitrogens with one attached hydrogen (secondary N) is 1. The molecule has 1 aromatic carbocycles. The largest absolute Gasteiger partial charge is 0.365 e. The number of imidazole rings is 1. The van der Waals surface area contributed by atoms with Crippen molar-refractivity contribution < 1.29 is 0 Å². The summed E-state index contributed by atoms with van der Waals surface area (Å²) in [4.78, 5) is 16.3. The molecule has 29 heavy (non-hydrogen) atoms. The molecule has 5 nitrogen and oxygen atoms in total. The number of fused-ring (bicyclic) bond motifs is 6. The van der Waals surface area contributed by atoms with E-state index in [1.165, 1.54) is 22.4 Å². The van der Waals surface area contributed by atoms with E-state index in [9.17, 15) is 0 Å². The smallest absolute Gasteiger partial charge is 0.238 e. The Morgan fingerprint density at radius 1 is 1.21 bits per heavy atom. The molecule has 0 saturated heterocycles. The predicted molar refractivity (Wildman–Crippen MR) is 118 cm³/mol. The van der Waals surface area contributed by atoms with Gasteiger partial charge in [0.15, 0.2) is 0 Å². The van der Waals surface area contributed by atoms with Gasteiger partial charge in [0.2, 0.25) is 5.95 Å². The molecule has 0 spiro atoms. The second kappa shape index (κ2) is 6.55. The van der Waals surface area contributed by atoms with Gasteiger partial charge in [-0.15, -0.1) is 11.3 Å². The Balaban J connectivity index is 1.46. The van der Waals surface area contributed by atoms with Gasteiger partial charge in [0.05, 0.1) is 15.4 Å². The summed E-state index contributed by atoms with van der Waals surface area (Å²) in [5.74, 6) is 2.05. The molecule has 0 bridgehead atoms. The Kier molecular flexibility index (Phi) is 3.94. The van der Waals surface area contributed by atoms with Crippen molar-refractivity contribution in [2.24, 2.45) is 0 Å². The maximum atomic E-state index is 6.18. The van der Waals surface area contributed by atoms with Crippen molar-refractivity contribution >= 4 is 56.1 Å². The van der Waals surface area contributed by atoms with Gasteiger partial charge in [-0.3, -0.25) is 4.57 Å². The number of nitrogens with zero attached hydrogens (tertiary/aromatic N) is 4. The Labute approximate surface area is 181 Å². The lowest BCUT2D eigenvalue weighted by Gasteiger charge is -2.26. The number of thiophene rings is 1. The lowest BCUT2D eigenvalue weighted by molar-refractivity contribution is 0.797. The van der Waals surface area contributed by atoms with Gasteiger partial charge < -0.3 is 5.32 Å². The average Bonchev–Trinajstić information content (AvgIpc) is 3.44. The summed E-state index contributed by atoms with van der Waals surface area (Å²) in [5.41, 5.74) is 3.84. The van der Waals surface area contributed by atoms with Crippen LogP contribution in [0.2, 0.25) is 10.0 Å². The van der Waals surface area contributed by atoms with E-state index in [4.69, 9.17) is 33.2 Å². The average molecular weight is 440 g/mol. The first-order valence-corrected chi connectivity index (χ1v) is 11.0. The van der Waals surface area contributed by atoms with Gasteiger partial charge in [-0.2, -0.15) is 4.98 Å². The summed E-state index contributed by atoms with van der Waals surface area (Å²) in [6, 6.07) is 5.67. The van der Waals surface area contributed by atoms with E-state index in [-0.39, 0.29) is 0 Å². The topological polar surface area (TPSA) is 55.6 Å². The van der Waals surface area contributed by atoms with Gasteiger partial charge in [-0.25, -0.2) is 9.97 Å². The molecule has 1 N–H and O–H groups in total. The number of halogens is 2. The molecule has 1 atom stereocenters. The first-order chi connectivity index (χ1) is 14.2. The fourth-order valence-corrected chi connectivity index (χ4v) is 5.83. The van der Waals surface area contributed by atoms with Crippen LogP contribution < -0.4 is 5.32 Å². The Morgan fingerprint density at radius 3 is 2.97 bits per heavy atom. The van der Waals surface area contributed by atoms with Crippen molar-refractivity contribution in [3.8, 4) is 5.95 Å². The highest BCUT2D eigenvalue weighted by atomic mass is 35.5. The van der Waals surface area contributed by atoms with Crippen LogP contribution >= 0.6 is 34.5 Å². The molecule has 4 aromatic rings. The number of hydrogen-bond acceptors (Lipinski definition) is 5. The Hall–Kier alpha value is -2.41. The first-order valence-electron chi connectivity index (χ1n) is 9.40. The Bertz CT molecular complexity index is 1290. The number of rotatable bonds is 4. The standard InChI is InChI=1S/C21H15Cl2N5S/c22-14-5-4-11(8-15(14)23)9-25-19-17-16-12-2-1-3-13(12)18(16)29-20(17)27-21(26-19)28-7-6-24-10-28/h2,4-8,10,13H,1,3,9H2,(H,25,26,27). The van der Waals surface area contributed by atoms with Crippen LogP contribution in [-0.4, -0.2) is 19.5 Å². The lowest BCUT2D eigenvalue weighted by atomic mass is 9.80. The highest BCUT2D eigenvalue weighted by Crippen LogP contribution is 2.59. The minimum atomic E-state index is 0.552. The molecule has 2 aliphatic carbocycles. The molecule has 6 rings (SSSR count). The summed E-state index contributed by atoms with van der Waals surface area (Å²) < 4.78 is 1.83. The van der Waals surface area contributed by atoms with Gasteiger partial charge in [0.1, 0.15) is 17.0 Å². The van der Waals surface area contributed by atoms with Crippen molar-refractivity contribution in [2.45, 2.75) is 25.3 Å². The zero-order valence-corrected chi connectivity index (χ0v) is 17.5. The third-order valence-electron chi connectivity index (χ3n) is 5.55. The fourth-order valence-electron chi connectivity index (χ4n) is 4.17. The molecule has 3 aromatic heterocycles. The SMILES string of the molecule is Clc1ccc(CNc2nc(-n3ccnc3)nc3sc4c(c23)C2=CCCC24)cc1Cl. The highest BCUT2D eigenvalue weighted by molar-refractivity contribution is 7.19. The molecule has 1 unspecified atom stereocenters. The molecular weight excluding hydrogens is 425 g/mol. The summed E-state index contributed by atoms with van der Waals surface area (Å²) in [5, 5.41) is 5.75. The van der Waals surface area contributed by atoms with Crippen molar-refractivity contribution in [1.82, 2.24) is 19.5 Å². The van der Waals surface area contributed by atoms with Crippen molar-refractivity contribution in [1.29, 1.82) is 0 Å². The maximum absolute atomic E-state index is 6.18. The molecule has 0 aliphatic heterocycles. The first kappa shape index (κ1) is 17.4. The van der Waals surface area contributed by atoms with E-state index in [2.05, 4.69) is 16.4 Å². The van der Waals surface area contributed by atoms with Crippen molar-refractivity contribution in [2.75, 3.05) is 5.32 Å². The quantitative estimate of drug-likeness (QED) is 0.419.